The molecule has 1 aromatic heterocycles. The summed E-state index contributed by atoms with van der Waals surface area (Å²) in [4.78, 5) is 0. The van der Waals surface area contributed by atoms with Crippen molar-refractivity contribution in [1.82, 2.24) is 5.16 Å². The molecule has 0 radical (unpaired) electrons. The van der Waals surface area contributed by atoms with E-state index in [2.05, 4.69) is 5.16 Å². The Hall–Kier alpha value is -2.17. The second kappa shape index (κ2) is 5.45. The standard InChI is InChI=1S/C15H18N2O3/c1-18-13-8-4-7-11(12-9-14(16)20-17-12)15(13)19-10-5-2-3-6-10/h4,7-10H,2-3,5-6,16H2,1H3. The van der Waals surface area contributed by atoms with Crippen LogP contribution in [0.2, 0.25) is 0 Å². The first-order valence-electron chi connectivity index (χ1n) is 6.84. The predicted molar refractivity (Wildman–Crippen MR) is 75.8 cm³/mol. The van der Waals surface area contributed by atoms with Gasteiger partial charge in [0, 0.05) is 11.6 Å². The van der Waals surface area contributed by atoms with E-state index in [9.17, 15) is 0 Å². The van der Waals surface area contributed by atoms with Crippen molar-refractivity contribution in [2.45, 2.75) is 31.8 Å². The molecule has 1 aromatic carbocycles. The summed E-state index contributed by atoms with van der Waals surface area (Å²) >= 11 is 0. The molecule has 0 spiro atoms. The lowest BCUT2D eigenvalue weighted by atomic mass is 10.1. The zero-order chi connectivity index (χ0) is 13.9. The number of nitrogens with zero attached hydrogens (tertiary/aromatic N) is 1. The van der Waals surface area contributed by atoms with Crippen LogP contribution in [0.4, 0.5) is 5.88 Å². The average molecular weight is 274 g/mol. The lowest BCUT2D eigenvalue weighted by Gasteiger charge is -2.18. The van der Waals surface area contributed by atoms with Gasteiger partial charge in [-0.25, -0.2) is 0 Å². The average Bonchev–Trinajstić information content (AvgIpc) is 3.11. The van der Waals surface area contributed by atoms with Crippen LogP contribution in [0.15, 0.2) is 28.8 Å². The number of nitrogen functional groups attached to an aromatic ring is 1. The molecule has 0 saturated heterocycles. The van der Waals surface area contributed by atoms with Crippen LogP contribution in [-0.2, 0) is 0 Å². The lowest BCUT2D eigenvalue weighted by Crippen LogP contribution is -2.12. The van der Waals surface area contributed by atoms with E-state index >= 15 is 0 Å². The van der Waals surface area contributed by atoms with Crippen molar-refractivity contribution < 1.29 is 14.0 Å². The lowest BCUT2D eigenvalue weighted by molar-refractivity contribution is 0.201. The second-order valence-corrected chi connectivity index (χ2v) is 4.98. The second-order valence-electron chi connectivity index (χ2n) is 4.98. The molecule has 1 heterocycles. The molecular weight excluding hydrogens is 256 g/mol. The number of anilines is 1. The molecule has 0 bridgehead atoms. The van der Waals surface area contributed by atoms with Crippen molar-refractivity contribution in [1.29, 1.82) is 0 Å². The molecular formula is C15H18N2O3. The van der Waals surface area contributed by atoms with Gasteiger partial charge in [-0.15, -0.1) is 0 Å². The molecule has 0 unspecified atom stereocenters. The number of hydrogen-bond acceptors (Lipinski definition) is 5. The Labute approximate surface area is 117 Å². The van der Waals surface area contributed by atoms with Crippen molar-refractivity contribution >= 4 is 5.88 Å². The van der Waals surface area contributed by atoms with Crippen molar-refractivity contribution in [3.63, 3.8) is 0 Å². The van der Waals surface area contributed by atoms with Gasteiger partial charge in [0.25, 0.3) is 0 Å². The third-order valence-corrected chi connectivity index (χ3v) is 3.59. The van der Waals surface area contributed by atoms with Crippen LogP contribution < -0.4 is 15.2 Å². The van der Waals surface area contributed by atoms with E-state index < -0.39 is 0 Å². The predicted octanol–water partition coefficient (Wildman–Crippen LogP) is 3.25. The van der Waals surface area contributed by atoms with E-state index in [0.29, 0.717) is 11.4 Å². The number of ether oxygens (including phenoxy) is 2. The van der Waals surface area contributed by atoms with E-state index in [-0.39, 0.29) is 12.0 Å². The number of para-hydroxylation sites is 1. The van der Waals surface area contributed by atoms with Crippen molar-refractivity contribution in [2.75, 3.05) is 12.8 Å². The minimum atomic E-state index is 0.245. The van der Waals surface area contributed by atoms with Crippen LogP contribution >= 0.6 is 0 Å². The van der Waals surface area contributed by atoms with E-state index in [1.54, 1.807) is 13.2 Å². The highest BCUT2D eigenvalue weighted by Gasteiger charge is 2.22. The maximum Gasteiger partial charge on any atom is 0.222 e. The molecule has 5 nitrogen and oxygen atoms in total. The molecule has 1 fully saturated rings. The van der Waals surface area contributed by atoms with Gasteiger partial charge in [-0.2, -0.15) is 0 Å². The van der Waals surface area contributed by atoms with Gasteiger partial charge in [-0.05, 0) is 37.8 Å². The highest BCUT2D eigenvalue weighted by Crippen LogP contribution is 2.40. The summed E-state index contributed by atoms with van der Waals surface area (Å²) in [7, 11) is 1.64. The zero-order valence-corrected chi connectivity index (χ0v) is 11.5. The van der Waals surface area contributed by atoms with Gasteiger partial charge in [0.15, 0.2) is 11.5 Å². The Balaban J connectivity index is 1.99. The van der Waals surface area contributed by atoms with Crippen LogP contribution in [0.1, 0.15) is 25.7 Å². The molecule has 0 amide bonds. The third kappa shape index (κ3) is 2.43. The quantitative estimate of drug-likeness (QED) is 0.926. The van der Waals surface area contributed by atoms with Crippen molar-refractivity contribution in [3.05, 3.63) is 24.3 Å². The molecule has 1 aliphatic rings. The molecule has 5 heteroatoms. The number of nitrogens with two attached hydrogens (primary N) is 1. The maximum atomic E-state index is 6.14. The zero-order valence-electron chi connectivity index (χ0n) is 11.5. The molecule has 0 aliphatic heterocycles. The van der Waals surface area contributed by atoms with Crippen LogP contribution in [0.25, 0.3) is 11.3 Å². The molecule has 3 rings (SSSR count). The van der Waals surface area contributed by atoms with Gasteiger partial charge >= 0.3 is 0 Å². The van der Waals surface area contributed by atoms with Crippen LogP contribution in [0, 0.1) is 0 Å². The summed E-state index contributed by atoms with van der Waals surface area (Å²) in [6.07, 6.45) is 4.84. The third-order valence-electron chi connectivity index (χ3n) is 3.59. The molecule has 1 aliphatic carbocycles. The Morgan fingerprint density at radius 1 is 1.30 bits per heavy atom. The minimum Gasteiger partial charge on any atom is -0.493 e. The molecule has 0 atom stereocenters. The van der Waals surface area contributed by atoms with Gasteiger partial charge in [0.05, 0.1) is 13.2 Å². The van der Waals surface area contributed by atoms with E-state index in [4.69, 9.17) is 19.7 Å². The van der Waals surface area contributed by atoms with E-state index in [1.807, 2.05) is 18.2 Å². The highest BCUT2D eigenvalue weighted by molar-refractivity contribution is 5.72. The first-order chi connectivity index (χ1) is 9.78. The van der Waals surface area contributed by atoms with Gasteiger partial charge in [0.1, 0.15) is 5.69 Å². The summed E-state index contributed by atoms with van der Waals surface area (Å²) in [6.45, 7) is 0. The fourth-order valence-electron chi connectivity index (χ4n) is 2.59. The van der Waals surface area contributed by atoms with Crippen molar-refractivity contribution in [3.8, 4) is 22.8 Å². The summed E-state index contributed by atoms with van der Waals surface area (Å²) in [5.74, 6) is 1.71. The maximum absolute atomic E-state index is 6.14. The topological polar surface area (TPSA) is 70.5 Å². The van der Waals surface area contributed by atoms with Crippen LogP contribution in [-0.4, -0.2) is 18.4 Å². The summed E-state index contributed by atoms with van der Waals surface area (Å²) in [6, 6.07) is 7.41. The SMILES string of the molecule is COc1cccc(-c2cc(N)on2)c1OC1CCCC1. The van der Waals surface area contributed by atoms with Gasteiger partial charge < -0.3 is 19.7 Å². The van der Waals surface area contributed by atoms with Gasteiger partial charge in [0.2, 0.25) is 5.88 Å². The Bertz CT molecular complexity index is 589. The normalized spacial score (nSPS) is 15.4. The molecule has 2 N–H and O–H groups in total. The fraction of sp³-hybridized carbons (Fsp3) is 0.400. The van der Waals surface area contributed by atoms with Crippen LogP contribution in [0.3, 0.4) is 0 Å². The Morgan fingerprint density at radius 2 is 2.10 bits per heavy atom. The largest absolute Gasteiger partial charge is 0.493 e. The Morgan fingerprint density at radius 3 is 2.75 bits per heavy atom. The monoisotopic (exact) mass is 274 g/mol. The number of rotatable bonds is 4. The summed E-state index contributed by atoms with van der Waals surface area (Å²) in [5, 5.41) is 3.96. The van der Waals surface area contributed by atoms with E-state index in [1.165, 1.54) is 12.8 Å². The first kappa shape index (κ1) is 12.8. The smallest absolute Gasteiger partial charge is 0.222 e. The number of methoxy groups -OCH3 is 1. The number of hydrogen-bond donors (Lipinski definition) is 1. The van der Waals surface area contributed by atoms with Gasteiger partial charge in [-0.1, -0.05) is 11.2 Å². The number of aromatic nitrogens is 1. The van der Waals surface area contributed by atoms with Crippen LogP contribution in [0.5, 0.6) is 11.5 Å². The highest BCUT2D eigenvalue weighted by atomic mass is 16.5. The molecule has 2 aromatic rings. The fourth-order valence-corrected chi connectivity index (χ4v) is 2.59. The first-order valence-corrected chi connectivity index (χ1v) is 6.84. The Kier molecular flexibility index (Phi) is 3.50. The summed E-state index contributed by atoms with van der Waals surface area (Å²) < 4.78 is 16.5. The van der Waals surface area contributed by atoms with E-state index in [0.717, 1.165) is 24.2 Å². The van der Waals surface area contributed by atoms with Crippen molar-refractivity contribution in [2.24, 2.45) is 0 Å². The minimum absolute atomic E-state index is 0.245. The molecule has 20 heavy (non-hydrogen) atoms. The summed E-state index contributed by atoms with van der Waals surface area (Å²) in [5.41, 5.74) is 7.10. The molecule has 106 valence electrons. The van der Waals surface area contributed by atoms with Gasteiger partial charge in [-0.3, -0.25) is 0 Å². The molecule has 1 saturated carbocycles. The number of benzene rings is 1.